The molecular weight excluding hydrogens is 334 g/mol. The van der Waals surface area contributed by atoms with E-state index in [1.807, 2.05) is 18.2 Å². The van der Waals surface area contributed by atoms with Gasteiger partial charge in [-0.15, -0.1) is 0 Å². The van der Waals surface area contributed by atoms with Crippen LogP contribution in [-0.4, -0.2) is 49.9 Å². The highest BCUT2D eigenvalue weighted by Crippen LogP contribution is 2.44. The zero-order valence-electron chi connectivity index (χ0n) is 14.8. The zero-order valence-corrected chi connectivity index (χ0v) is 14.8. The number of fused-ring (bicyclic) bond motifs is 1. The Morgan fingerprint density at radius 2 is 1.77 bits per heavy atom. The van der Waals surface area contributed by atoms with Crippen LogP contribution in [0.3, 0.4) is 0 Å². The van der Waals surface area contributed by atoms with Crippen LogP contribution in [0.4, 0.5) is 0 Å². The molecule has 1 aliphatic carbocycles. The molecule has 6 heteroatoms. The van der Waals surface area contributed by atoms with Gasteiger partial charge in [-0.25, -0.2) is 0 Å². The molecule has 0 N–H and O–H groups in total. The van der Waals surface area contributed by atoms with Crippen molar-refractivity contribution in [2.24, 2.45) is 0 Å². The maximum Gasteiger partial charge on any atom is 0.145 e. The second-order valence-corrected chi connectivity index (χ2v) is 7.23. The molecule has 5 rings (SSSR count). The van der Waals surface area contributed by atoms with E-state index in [4.69, 9.17) is 23.5 Å². The normalized spacial score (nSPS) is 30.7. The van der Waals surface area contributed by atoms with Crippen LogP contribution >= 0.6 is 0 Å². The summed E-state index contributed by atoms with van der Waals surface area (Å²) in [4.78, 5) is 0. The largest absolute Gasteiger partial charge is 0.376 e. The van der Waals surface area contributed by atoms with Gasteiger partial charge in [-0.1, -0.05) is 35.5 Å². The molecule has 3 aliphatic rings. The van der Waals surface area contributed by atoms with E-state index in [2.05, 4.69) is 17.3 Å². The van der Waals surface area contributed by atoms with Crippen LogP contribution in [0, 0.1) is 0 Å². The highest BCUT2D eigenvalue weighted by molar-refractivity contribution is 5.63. The summed E-state index contributed by atoms with van der Waals surface area (Å²) in [5, 5.41) is 4.35. The third-order valence-electron chi connectivity index (χ3n) is 5.52. The minimum absolute atomic E-state index is 0.00824. The number of rotatable bonds is 6. The molecule has 1 aromatic carbocycles. The lowest BCUT2D eigenvalue weighted by Gasteiger charge is -2.17. The molecule has 6 nitrogen and oxygen atoms in total. The van der Waals surface area contributed by atoms with Crippen molar-refractivity contribution in [3.8, 4) is 11.3 Å². The summed E-state index contributed by atoms with van der Waals surface area (Å²) in [6.45, 7) is 1.54. The predicted molar refractivity (Wildman–Crippen MR) is 92.8 cm³/mol. The van der Waals surface area contributed by atoms with Gasteiger partial charge in [-0.05, 0) is 12.8 Å². The molecule has 1 aromatic heterocycles. The summed E-state index contributed by atoms with van der Waals surface area (Å²) in [5.74, 6) is 1.45. The quantitative estimate of drug-likeness (QED) is 0.792. The van der Waals surface area contributed by atoms with Gasteiger partial charge in [-0.3, -0.25) is 0 Å². The maximum atomic E-state index is 6.23. The van der Waals surface area contributed by atoms with E-state index in [1.54, 1.807) is 7.11 Å². The van der Waals surface area contributed by atoms with Gasteiger partial charge < -0.3 is 23.5 Å². The van der Waals surface area contributed by atoms with Crippen molar-refractivity contribution >= 4 is 0 Å². The molecule has 26 heavy (non-hydrogen) atoms. The molecule has 138 valence electrons. The molecule has 4 atom stereocenters. The molecule has 0 spiro atoms. The van der Waals surface area contributed by atoms with E-state index in [1.165, 1.54) is 0 Å². The van der Waals surface area contributed by atoms with Crippen molar-refractivity contribution < 1.29 is 23.5 Å². The second-order valence-electron chi connectivity index (χ2n) is 7.23. The maximum absolute atomic E-state index is 6.23. The van der Waals surface area contributed by atoms with E-state index in [-0.39, 0.29) is 24.4 Å². The van der Waals surface area contributed by atoms with E-state index in [0.29, 0.717) is 25.7 Å². The van der Waals surface area contributed by atoms with Crippen molar-refractivity contribution in [1.29, 1.82) is 0 Å². The number of nitrogens with zero attached hydrogens (tertiary/aromatic N) is 1. The Labute approximate surface area is 152 Å². The first-order valence-electron chi connectivity index (χ1n) is 9.26. The fraction of sp³-hybridized carbons (Fsp3) is 0.550. The van der Waals surface area contributed by atoms with E-state index < -0.39 is 0 Å². The van der Waals surface area contributed by atoms with Gasteiger partial charge in [0.2, 0.25) is 0 Å². The van der Waals surface area contributed by atoms with E-state index in [0.717, 1.165) is 35.4 Å². The molecule has 0 bridgehead atoms. The average molecular weight is 357 g/mol. The van der Waals surface area contributed by atoms with Gasteiger partial charge in [-0.2, -0.15) is 0 Å². The molecule has 3 heterocycles. The third kappa shape index (κ3) is 2.87. The van der Waals surface area contributed by atoms with Crippen molar-refractivity contribution in [3.63, 3.8) is 0 Å². The highest BCUT2D eigenvalue weighted by Gasteiger charge is 2.48. The van der Waals surface area contributed by atoms with Crippen LogP contribution < -0.4 is 0 Å². The Hall–Kier alpha value is -1.73. The number of hydrogen-bond donors (Lipinski definition) is 0. The lowest BCUT2D eigenvalue weighted by Crippen LogP contribution is -2.33. The van der Waals surface area contributed by atoms with Gasteiger partial charge in [0.1, 0.15) is 35.9 Å². The van der Waals surface area contributed by atoms with Gasteiger partial charge in [0.25, 0.3) is 0 Å². The number of aromatic nitrogens is 1. The van der Waals surface area contributed by atoms with E-state index in [9.17, 15) is 0 Å². The van der Waals surface area contributed by atoms with Crippen molar-refractivity contribution in [3.05, 3.63) is 41.7 Å². The summed E-state index contributed by atoms with van der Waals surface area (Å²) in [6.07, 6.45) is 2.11. The number of hydrogen-bond acceptors (Lipinski definition) is 6. The summed E-state index contributed by atoms with van der Waals surface area (Å²) >= 11 is 0. The SMILES string of the molecule is COC1COC2C(OCc3c(-c4ccccc4)noc3C3CC3)COC12. The van der Waals surface area contributed by atoms with Crippen LogP contribution in [-0.2, 0) is 25.6 Å². The molecular formula is C20H23NO5. The Balaban J connectivity index is 1.35. The summed E-state index contributed by atoms with van der Waals surface area (Å²) < 4.78 is 29.1. The molecule has 0 amide bonds. The minimum atomic E-state index is -0.0919. The van der Waals surface area contributed by atoms with Crippen molar-refractivity contribution in [2.45, 2.75) is 49.8 Å². The van der Waals surface area contributed by atoms with Gasteiger partial charge in [0, 0.05) is 24.2 Å². The second kappa shape index (κ2) is 6.78. The predicted octanol–water partition coefficient (Wildman–Crippen LogP) is 2.92. The molecule has 0 radical (unpaired) electrons. The Morgan fingerprint density at radius 3 is 2.50 bits per heavy atom. The number of methoxy groups -OCH3 is 1. The molecule has 4 unspecified atom stereocenters. The van der Waals surface area contributed by atoms with E-state index >= 15 is 0 Å². The molecule has 1 saturated carbocycles. The third-order valence-corrected chi connectivity index (χ3v) is 5.52. The zero-order chi connectivity index (χ0) is 17.5. The molecule has 3 fully saturated rings. The monoisotopic (exact) mass is 357 g/mol. The topological polar surface area (TPSA) is 63.0 Å². The lowest BCUT2D eigenvalue weighted by atomic mass is 10.0. The van der Waals surface area contributed by atoms with Crippen molar-refractivity contribution in [2.75, 3.05) is 20.3 Å². The van der Waals surface area contributed by atoms with Gasteiger partial charge in [0.05, 0.1) is 19.8 Å². The minimum Gasteiger partial charge on any atom is -0.376 e. The van der Waals surface area contributed by atoms with Crippen LogP contribution in [0.15, 0.2) is 34.9 Å². The number of ether oxygens (including phenoxy) is 4. The Morgan fingerprint density at radius 1 is 1.04 bits per heavy atom. The lowest BCUT2D eigenvalue weighted by molar-refractivity contribution is -0.0479. The number of benzene rings is 1. The summed E-state index contributed by atoms with van der Waals surface area (Å²) in [7, 11) is 1.69. The standard InChI is InChI=1S/C20H23NO5/c1-22-15-10-24-20-16(11-25-19(15)20)23-9-14-17(12-5-3-2-4-6-12)21-26-18(14)13-7-8-13/h2-6,13,15-16,19-20H,7-11H2,1H3. The first-order valence-corrected chi connectivity index (χ1v) is 9.26. The Kier molecular flexibility index (Phi) is 4.29. The van der Waals surface area contributed by atoms with Crippen LogP contribution in [0.25, 0.3) is 11.3 Å². The fourth-order valence-electron chi connectivity index (χ4n) is 3.92. The Bertz CT molecular complexity index is 757. The fourth-order valence-corrected chi connectivity index (χ4v) is 3.92. The molecule has 2 aromatic rings. The van der Waals surface area contributed by atoms with Crippen LogP contribution in [0.2, 0.25) is 0 Å². The first-order chi connectivity index (χ1) is 12.8. The van der Waals surface area contributed by atoms with Crippen molar-refractivity contribution in [1.82, 2.24) is 5.16 Å². The highest BCUT2D eigenvalue weighted by atomic mass is 16.6. The summed E-state index contributed by atoms with van der Waals surface area (Å²) in [6, 6.07) is 10.1. The smallest absolute Gasteiger partial charge is 0.145 e. The van der Waals surface area contributed by atoms with Crippen LogP contribution in [0.1, 0.15) is 30.1 Å². The molecule has 2 saturated heterocycles. The first kappa shape index (κ1) is 16.4. The summed E-state index contributed by atoms with van der Waals surface area (Å²) in [5.41, 5.74) is 2.99. The van der Waals surface area contributed by atoms with Gasteiger partial charge >= 0.3 is 0 Å². The molecule has 2 aliphatic heterocycles. The average Bonchev–Trinajstić information content (AvgIpc) is 3.13. The van der Waals surface area contributed by atoms with Gasteiger partial charge in [0.15, 0.2) is 0 Å². The van der Waals surface area contributed by atoms with Crippen LogP contribution in [0.5, 0.6) is 0 Å².